The zero-order valence-corrected chi connectivity index (χ0v) is 15.1. The summed E-state index contributed by atoms with van der Waals surface area (Å²) in [5, 5.41) is 0. The Labute approximate surface area is 155 Å². The fourth-order valence-corrected chi connectivity index (χ4v) is 3.89. The van der Waals surface area contributed by atoms with Crippen LogP contribution in [-0.4, -0.2) is 55.1 Å². The van der Waals surface area contributed by atoms with Crippen molar-refractivity contribution in [1.29, 1.82) is 0 Å². The van der Waals surface area contributed by atoms with Crippen molar-refractivity contribution >= 4 is 5.91 Å². The Morgan fingerprint density at radius 2 is 1.42 bits per heavy atom. The van der Waals surface area contributed by atoms with Gasteiger partial charge in [-0.25, -0.2) is 0 Å². The minimum atomic E-state index is 0.245. The Hall–Kier alpha value is -2.17. The van der Waals surface area contributed by atoms with E-state index in [1.165, 1.54) is 11.1 Å². The fraction of sp³-hybridized carbons (Fsp3) is 0.409. The lowest BCUT2D eigenvalue weighted by Gasteiger charge is -2.40. The van der Waals surface area contributed by atoms with E-state index in [2.05, 4.69) is 65.6 Å². The van der Waals surface area contributed by atoms with Crippen molar-refractivity contribution in [3.05, 3.63) is 71.8 Å². The van der Waals surface area contributed by atoms with E-state index in [4.69, 9.17) is 4.74 Å². The Kier molecular flexibility index (Phi) is 5.32. The average Bonchev–Trinajstić information content (AvgIpc) is 2.67. The van der Waals surface area contributed by atoms with E-state index in [0.29, 0.717) is 12.3 Å². The molecule has 2 aliphatic rings. The van der Waals surface area contributed by atoms with Gasteiger partial charge in [-0.1, -0.05) is 60.7 Å². The second kappa shape index (κ2) is 8.02. The van der Waals surface area contributed by atoms with Crippen LogP contribution in [0.4, 0.5) is 0 Å². The van der Waals surface area contributed by atoms with Crippen LogP contribution in [0, 0.1) is 5.92 Å². The topological polar surface area (TPSA) is 32.8 Å². The molecule has 2 aliphatic heterocycles. The van der Waals surface area contributed by atoms with Crippen molar-refractivity contribution in [3.8, 4) is 0 Å². The van der Waals surface area contributed by atoms with Crippen LogP contribution in [0.25, 0.3) is 0 Å². The van der Waals surface area contributed by atoms with E-state index in [9.17, 15) is 4.79 Å². The van der Waals surface area contributed by atoms with Gasteiger partial charge in [-0.15, -0.1) is 0 Å². The highest BCUT2D eigenvalue weighted by Crippen LogP contribution is 2.29. The van der Waals surface area contributed by atoms with Gasteiger partial charge in [-0.2, -0.15) is 0 Å². The van der Waals surface area contributed by atoms with Gasteiger partial charge in [0.15, 0.2) is 0 Å². The molecular formula is C22H26N2O2. The molecule has 0 unspecified atom stereocenters. The number of nitrogens with zero attached hydrogens (tertiary/aromatic N) is 2. The van der Waals surface area contributed by atoms with Crippen LogP contribution >= 0.6 is 0 Å². The van der Waals surface area contributed by atoms with E-state index in [-0.39, 0.29) is 11.9 Å². The first-order valence-electron chi connectivity index (χ1n) is 9.51. The molecule has 4 nitrogen and oxygen atoms in total. The van der Waals surface area contributed by atoms with Gasteiger partial charge in [0.1, 0.15) is 0 Å². The molecule has 0 spiro atoms. The molecule has 2 aromatic carbocycles. The Bertz CT molecular complexity index is 668. The van der Waals surface area contributed by atoms with Crippen LogP contribution in [0.5, 0.6) is 0 Å². The summed E-state index contributed by atoms with van der Waals surface area (Å²) in [7, 11) is 0. The lowest BCUT2D eigenvalue weighted by molar-refractivity contribution is -0.138. The molecule has 1 amide bonds. The van der Waals surface area contributed by atoms with E-state index in [0.717, 1.165) is 39.4 Å². The van der Waals surface area contributed by atoms with Gasteiger partial charge in [0.25, 0.3) is 0 Å². The van der Waals surface area contributed by atoms with E-state index >= 15 is 0 Å². The number of hydrogen-bond donors (Lipinski definition) is 0. The standard InChI is InChI=1S/C22H26N2O2/c25-21(15-18-16-26-17-18)23-11-13-24(14-12-23)22(19-7-3-1-4-8-19)20-9-5-2-6-10-20/h1-10,18,22H,11-17H2. The number of carbonyl (C=O) groups excluding carboxylic acids is 1. The SMILES string of the molecule is O=C(CC1COC1)N1CCN(C(c2ccccc2)c2ccccc2)CC1. The highest BCUT2D eigenvalue weighted by atomic mass is 16.5. The summed E-state index contributed by atoms with van der Waals surface area (Å²) in [4.78, 5) is 17.0. The second-order valence-electron chi connectivity index (χ2n) is 7.25. The van der Waals surface area contributed by atoms with Crippen LogP contribution in [0.2, 0.25) is 0 Å². The first kappa shape index (κ1) is 17.3. The van der Waals surface area contributed by atoms with Crippen molar-refractivity contribution in [2.75, 3.05) is 39.4 Å². The predicted molar refractivity (Wildman–Crippen MR) is 102 cm³/mol. The molecule has 0 aromatic heterocycles. The highest BCUT2D eigenvalue weighted by Gasteiger charge is 2.30. The summed E-state index contributed by atoms with van der Waals surface area (Å²) in [5.74, 6) is 0.718. The monoisotopic (exact) mass is 350 g/mol. The maximum absolute atomic E-state index is 12.5. The molecule has 4 heteroatoms. The number of carbonyl (C=O) groups is 1. The van der Waals surface area contributed by atoms with E-state index in [1.807, 2.05) is 4.90 Å². The number of amides is 1. The normalized spacial score (nSPS) is 18.7. The number of hydrogen-bond acceptors (Lipinski definition) is 3. The molecule has 26 heavy (non-hydrogen) atoms. The maximum Gasteiger partial charge on any atom is 0.223 e. The second-order valence-corrected chi connectivity index (χ2v) is 7.25. The van der Waals surface area contributed by atoms with E-state index < -0.39 is 0 Å². The molecule has 4 rings (SSSR count). The third-order valence-corrected chi connectivity index (χ3v) is 5.43. The molecule has 0 atom stereocenters. The summed E-state index contributed by atoms with van der Waals surface area (Å²) in [5.41, 5.74) is 2.62. The van der Waals surface area contributed by atoms with Gasteiger partial charge < -0.3 is 9.64 Å². The van der Waals surface area contributed by atoms with Gasteiger partial charge in [0.2, 0.25) is 5.91 Å². The quantitative estimate of drug-likeness (QED) is 0.831. The van der Waals surface area contributed by atoms with Crippen molar-refractivity contribution in [1.82, 2.24) is 9.80 Å². The largest absolute Gasteiger partial charge is 0.381 e. The Morgan fingerprint density at radius 1 is 0.885 bits per heavy atom. The summed E-state index contributed by atoms with van der Waals surface area (Å²) in [6, 6.07) is 21.6. The third kappa shape index (κ3) is 3.81. The summed E-state index contributed by atoms with van der Waals surface area (Å²) < 4.78 is 5.19. The molecule has 2 saturated heterocycles. The lowest BCUT2D eigenvalue weighted by Crippen LogP contribution is -2.50. The van der Waals surface area contributed by atoms with Gasteiger partial charge in [-0.05, 0) is 11.1 Å². The number of ether oxygens (including phenoxy) is 1. The molecule has 136 valence electrons. The van der Waals surface area contributed by atoms with Crippen LogP contribution in [0.1, 0.15) is 23.6 Å². The molecule has 2 fully saturated rings. The molecule has 0 saturated carbocycles. The van der Waals surface area contributed by atoms with Gasteiger partial charge in [0.05, 0.1) is 19.3 Å². The summed E-state index contributed by atoms with van der Waals surface area (Å²) in [6.45, 7) is 4.92. The zero-order valence-electron chi connectivity index (χ0n) is 15.1. The van der Waals surface area contributed by atoms with Crippen LogP contribution < -0.4 is 0 Å². The molecule has 0 N–H and O–H groups in total. The maximum atomic E-state index is 12.5. The lowest BCUT2D eigenvalue weighted by atomic mass is 9.96. The highest BCUT2D eigenvalue weighted by molar-refractivity contribution is 5.76. The number of rotatable bonds is 5. The van der Waals surface area contributed by atoms with Crippen molar-refractivity contribution in [2.45, 2.75) is 12.5 Å². The number of piperazine rings is 1. The van der Waals surface area contributed by atoms with Crippen molar-refractivity contribution < 1.29 is 9.53 Å². The minimum Gasteiger partial charge on any atom is -0.381 e. The van der Waals surface area contributed by atoms with Crippen LogP contribution in [-0.2, 0) is 9.53 Å². The minimum absolute atomic E-state index is 0.245. The molecular weight excluding hydrogens is 324 g/mol. The molecule has 2 heterocycles. The van der Waals surface area contributed by atoms with Gasteiger partial charge in [-0.3, -0.25) is 9.69 Å². The molecule has 2 aromatic rings. The van der Waals surface area contributed by atoms with Crippen molar-refractivity contribution in [3.63, 3.8) is 0 Å². The van der Waals surface area contributed by atoms with Crippen LogP contribution in [0.3, 0.4) is 0 Å². The molecule has 0 aliphatic carbocycles. The average molecular weight is 350 g/mol. The van der Waals surface area contributed by atoms with Crippen molar-refractivity contribution in [2.24, 2.45) is 5.92 Å². The van der Waals surface area contributed by atoms with E-state index in [1.54, 1.807) is 0 Å². The summed E-state index contributed by atoms with van der Waals surface area (Å²) in [6.07, 6.45) is 0.640. The van der Waals surface area contributed by atoms with Gasteiger partial charge in [0, 0.05) is 38.5 Å². The zero-order chi connectivity index (χ0) is 17.8. The predicted octanol–water partition coefficient (Wildman–Crippen LogP) is 2.96. The van der Waals surface area contributed by atoms with Crippen LogP contribution in [0.15, 0.2) is 60.7 Å². The summed E-state index contributed by atoms with van der Waals surface area (Å²) >= 11 is 0. The Morgan fingerprint density at radius 3 is 1.88 bits per heavy atom. The smallest absolute Gasteiger partial charge is 0.223 e. The fourth-order valence-electron chi connectivity index (χ4n) is 3.89. The molecule has 0 bridgehead atoms. The molecule has 0 radical (unpaired) electrons. The Balaban J connectivity index is 1.45. The first-order chi connectivity index (χ1) is 12.8. The first-order valence-corrected chi connectivity index (χ1v) is 9.51. The van der Waals surface area contributed by atoms with Gasteiger partial charge >= 0.3 is 0 Å². The third-order valence-electron chi connectivity index (χ3n) is 5.43. The number of benzene rings is 2.